The van der Waals surface area contributed by atoms with Gasteiger partial charge in [-0.1, -0.05) is 35.3 Å². The number of aliphatic hydroxyl groups is 1. The quantitative estimate of drug-likeness (QED) is 0.341. The third-order valence-electron chi connectivity index (χ3n) is 5.03. The maximum absolute atomic E-state index is 13.1. The number of aliphatic hydroxyl groups excluding tert-OH is 1. The number of methoxy groups -OCH3 is 2. The topological polar surface area (TPSA) is 85.3 Å². The van der Waals surface area contributed by atoms with Crippen LogP contribution in [0.4, 0.5) is 0 Å². The van der Waals surface area contributed by atoms with Gasteiger partial charge in [0.25, 0.3) is 11.7 Å². The Bertz CT molecular complexity index is 1070. The molecule has 0 aromatic heterocycles. The smallest absolute Gasteiger partial charge is 0.295 e. The molecule has 0 spiro atoms. The Morgan fingerprint density at radius 2 is 1.91 bits per heavy atom. The Kier molecular flexibility index (Phi) is 7.66. The van der Waals surface area contributed by atoms with Gasteiger partial charge in [-0.15, -0.1) is 0 Å². The third-order valence-corrected chi connectivity index (χ3v) is 5.53. The molecular formula is C23H23Cl2NO6. The van der Waals surface area contributed by atoms with Crippen molar-refractivity contribution in [3.8, 4) is 11.5 Å². The van der Waals surface area contributed by atoms with E-state index in [-0.39, 0.29) is 40.1 Å². The van der Waals surface area contributed by atoms with E-state index in [9.17, 15) is 14.7 Å². The van der Waals surface area contributed by atoms with Gasteiger partial charge in [-0.05, 0) is 36.8 Å². The first-order chi connectivity index (χ1) is 15.3. The second-order valence-corrected chi connectivity index (χ2v) is 7.80. The third kappa shape index (κ3) is 4.55. The molecular weight excluding hydrogens is 457 g/mol. The minimum Gasteiger partial charge on any atom is -0.507 e. The number of ether oxygens (including phenoxy) is 3. The Morgan fingerprint density at radius 1 is 1.16 bits per heavy atom. The van der Waals surface area contributed by atoms with Crippen LogP contribution in [0.1, 0.15) is 24.1 Å². The number of Topliss-reactive ketones (excluding diaryl/α,β-unsaturated/α-hetero) is 1. The van der Waals surface area contributed by atoms with E-state index >= 15 is 0 Å². The second kappa shape index (κ2) is 10.3. The van der Waals surface area contributed by atoms with E-state index in [2.05, 4.69) is 0 Å². The number of nitrogens with zero attached hydrogens (tertiary/aromatic N) is 1. The highest BCUT2D eigenvalue weighted by Crippen LogP contribution is 2.43. The maximum Gasteiger partial charge on any atom is 0.295 e. The van der Waals surface area contributed by atoms with E-state index in [1.807, 2.05) is 6.92 Å². The second-order valence-electron chi connectivity index (χ2n) is 6.96. The molecule has 0 aliphatic carbocycles. The van der Waals surface area contributed by atoms with Crippen molar-refractivity contribution in [1.29, 1.82) is 0 Å². The molecule has 9 heteroatoms. The van der Waals surface area contributed by atoms with Crippen LogP contribution in [-0.2, 0) is 14.3 Å². The monoisotopic (exact) mass is 479 g/mol. The molecule has 32 heavy (non-hydrogen) atoms. The molecule has 1 heterocycles. The summed E-state index contributed by atoms with van der Waals surface area (Å²) in [7, 11) is 2.88. The van der Waals surface area contributed by atoms with Crippen LogP contribution in [0, 0.1) is 0 Å². The van der Waals surface area contributed by atoms with Gasteiger partial charge in [-0.3, -0.25) is 9.59 Å². The highest BCUT2D eigenvalue weighted by Gasteiger charge is 2.46. The van der Waals surface area contributed by atoms with E-state index in [1.54, 1.807) is 24.3 Å². The lowest BCUT2D eigenvalue weighted by Gasteiger charge is -2.25. The van der Waals surface area contributed by atoms with E-state index in [0.717, 1.165) is 0 Å². The number of amides is 1. The van der Waals surface area contributed by atoms with Crippen LogP contribution in [0.2, 0.25) is 10.0 Å². The van der Waals surface area contributed by atoms with Gasteiger partial charge >= 0.3 is 0 Å². The average Bonchev–Trinajstić information content (AvgIpc) is 3.02. The highest BCUT2D eigenvalue weighted by molar-refractivity contribution is 6.46. The number of likely N-dealkylation sites (tertiary alicyclic amines) is 1. The van der Waals surface area contributed by atoms with Gasteiger partial charge in [0.1, 0.15) is 17.3 Å². The molecule has 7 nitrogen and oxygen atoms in total. The summed E-state index contributed by atoms with van der Waals surface area (Å²) in [4.78, 5) is 27.3. The summed E-state index contributed by atoms with van der Waals surface area (Å²) in [5, 5.41) is 11.6. The number of rotatable bonds is 8. The molecule has 1 unspecified atom stereocenters. The maximum atomic E-state index is 13.1. The van der Waals surface area contributed by atoms with Crippen molar-refractivity contribution >= 4 is 40.7 Å². The summed E-state index contributed by atoms with van der Waals surface area (Å²) in [6.07, 6.45) is 0. The van der Waals surface area contributed by atoms with Gasteiger partial charge in [-0.25, -0.2) is 0 Å². The van der Waals surface area contributed by atoms with Crippen molar-refractivity contribution < 1.29 is 28.9 Å². The summed E-state index contributed by atoms with van der Waals surface area (Å²) >= 11 is 12.4. The number of carbonyl (C=O) groups is 2. The first-order valence-corrected chi connectivity index (χ1v) is 10.6. The van der Waals surface area contributed by atoms with Crippen LogP contribution in [0.3, 0.4) is 0 Å². The fourth-order valence-electron chi connectivity index (χ4n) is 3.68. The first kappa shape index (κ1) is 23.9. The van der Waals surface area contributed by atoms with Gasteiger partial charge < -0.3 is 24.2 Å². The number of hydrogen-bond donors (Lipinski definition) is 1. The Hall–Kier alpha value is -2.74. The minimum absolute atomic E-state index is 0.101. The van der Waals surface area contributed by atoms with Crippen molar-refractivity contribution in [2.24, 2.45) is 0 Å². The van der Waals surface area contributed by atoms with Gasteiger partial charge in [0.05, 0.1) is 42.5 Å². The molecule has 1 atom stereocenters. The summed E-state index contributed by atoms with van der Waals surface area (Å²) in [6.45, 7) is 2.66. The van der Waals surface area contributed by atoms with E-state index in [1.165, 1.54) is 31.3 Å². The van der Waals surface area contributed by atoms with Gasteiger partial charge in [0.15, 0.2) is 0 Å². The fraction of sp³-hybridized carbons (Fsp3) is 0.304. The normalized spacial score (nSPS) is 17.7. The molecule has 1 N–H and O–H groups in total. The largest absolute Gasteiger partial charge is 0.507 e. The first-order valence-electron chi connectivity index (χ1n) is 9.87. The molecule has 1 saturated heterocycles. The zero-order valence-electron chi connectivity index (χ0n) is 17.9. The summed E-state index contributed by atoms with van der Waals surface area (Å²) in [5.74, 6) is -1.30. The highest BCUT2D eigenvalue weighted by atomic mass is 35.5. The van der Waals surface area contributed by atoms with E-state index < -0.39 is 23.5 Å². The number of benzene rings is 2. The van der Waals surface area contributed by atoms with Crippen LogP contribution in [0.5, 0.6) is 11.5 Å². The number of carbonyl (C=O) groups excluding carboxylic acids is 2. The molecule has 2 aromatic rings. The zero-order chi connectivity index (χ0) is 23.4. The summed E-state index contributed by atoms with van der Waals surface area (Å²) in [6, 6.07) is 9.04. The summed E-state index contributed by atoms with van der Waals surface area (Å²) < 4.78 is 16.0. The van der Waals surface area contributed by atoms with Crippen LogP contribution >= 0.6 is 23.2 Å². The Labute approximate surface area is 196 Å². The minimum atomic E-state index is -0.868. The molecule has 1 aliphatic heterocycles. The number of hydrogen-bond acceptors (Lipinski definition) is 6. The molecule has 0 saturated carbocycles. The van der Waals surface area contributed by atoms with E-state index in [0.29, 0.717) is 17.9 Å². The molecule has 170 valence electrons. The Balaban J connectivity index is 2.25. The van der Waals surface area contributed by atoms with Crippen LogP contribution in [-0.4, -0.2) is 55.7 Å². The SMILES string of the molecule is CCOc1cccc(C2/C(=C(\O)c3cc(Cl)cc(Cl)c3OC)C(=O)C(=O)N2CCOC)c1. The lowest BCUT2D eigenvalue weighted by molar-refractivity contribution is -0.140. The Morgan fingerprint density at radius 3 is 2.56 bits per heavy atom. The van der Waals surface area contributed by atoms with Gasteiger partial charge in [-0.2, -0.15) is 0 Å². The van der Waals surface area contributed by atoms with Crippen LogP contribution < -0.4 is 9.47 Å². The average molecular weight is 480 g/mol. The van der Waals surface area contributed by atoms with Crippen molar-refractivity contribution in [1.82, 2.24) is 4.90 Å². The van der Waals surface area contributed by atoms with Crippen molar-refractivity contribution in [2.45, 2.75) is 13.0 Å². The fourth-order valence-corrected chi connectivity index (χ4v) is 4.25. The molecule has 2 aromatic carbocycles. The molecule has 1 fully saturated rings. The molecule has 0 radical (unpaired) electrons. The number of ketones is 1. The van der Waals surface area contributed by atoms with Crippen LogP contribution in [0.15, 0.2) is 42.0 Å². The lowest BCUT2D eigenvalue weighted by Crippen LogP contribution is -2.32. The zero-order valence-corrected chi connectivity index (χ0v) is 19.4. The molecule has 1 amide bonds. The summed E-state index contributed by atoms with van der Waals surface area (Å²) in [5.41, 5.74) is 0.608. The van der Waals surface area contributed by atoms with E-state index in [4.69, 9.17) is 37.4 Å². The lowest BCUT2D eigenvalue weighted by atomic mass is 9.95. The molecule has 3 rings (SSSR count). The van der Waals surface area contributed by atoms with Crippen molar-refractivity contribution in [3.05, 3.63) is 63.1 Å². The van der Waals surface area contributed by atoms with Crippen molar-refractivity contribution in [2.75, 3.05) is 34.0 Å². The standard InChI is InChI=1S/C23H23Cl2NO6/c1-4-32-15-7-5-6-13(10-15)19-18(21(28)23(29)26(19)8-9-30-2)20(27)16-11-14(24)12-17(25)22(16)31-3/h5-7,10-12,19,27H,4,8-9H2,1-3H3/b20-18+. The predicted octanol–water partition coefficient (Wildman–Crippen LogP) is 4.47. The number of halogens is 2. The van der Waals surface area contributed by atoms with Crippen molar-refractivity contribution in [3.63, 3.8) is 0 Å². The molecule has 0 bridgehead atoms. The van der Waals surface area contributed by atoms with Crippen LogP contribution in [0.25, 0.3) is 5.76 Å². The van der Waals surface area contributed by atoms with Gasteiger partial charge in [0, 0.05) is 18.7 Å². The molecule has 1 aliphatic rings. The van der Waals surface area contributed by atoms with Gasteiger partial charge in [0.2, 0.25) is 0 Å². The predicted molar refractivity (Wildman–Crippen MR) is 122 cm³/mol.